The number of hydrogen-bond acceptors (Lipinski definition) is 2. The number of rotatable bonds is 6. The molecule has 0 aromatic heterocycles. The Morgan fingerprint density at radius 2 is 2.08 bits per heavy atom. The predicted octanol–water partition coefficient (Wildman–Crippen LogP) is 1.39. The molecule has 0 aromatic carbocycles. The second kappa shape index (κ2) is 4.83. The molecule has 0 spiro atoms. The van der Waals surface area contributed by atoms with Gasteiger partial charge in [0.1, 0.15) is 0 Å². The second-order valence-electron chi connectivity index (χ2n) is 4.36. The highest BCUT2D eigenvalue weighted by atomic mass is 16.3. The van der Waals surface area contributed by atoms with Crippen molar-refractivity contribution in [3.05, 3.63) is 0 Å². The Morgan fingerprint density at radius 1 is 1.42 bits per heavy atom. The molecule has 72 valence electrons. The third-order valence-corrected chi connectivity index (χ3v) is 2.37. The Kier molecular flexibility index (Phi) is 4.02. The van der Waals surface area contributed by atoms with Crippen molar-refractivity contribution in [3.63, 3.8) is 0 Å². The summed E-state index contributed by atoms with van der Waals surface area (Å²) in [5.74, 6) is 1.58. The van der Waals surface area contributed by atoms with Crippen molar-refractivity contribution in [1.82, 2.24) is 5.32 Å². The zero-order valence-corrected chi connectivity index (χ0v) is 8.21. The number of nitrogens with one attached hydrogen (secondary N) is 1. The van der Waals surface area contributed by atoms with Crippen LogP contribution in [-0.4, -0.2) is 24.3 Å². The first kappa shape index (κ1) is 10.0. The van der Waals surface area contributed by atoms with E-state index in [2.05, 4.69) is 19.2 Å². The Hall–Kier alpha value is -0.0800. The molecule has 0 amide bonds. The summed E-state index contributed by atoms with van der Waals surface area (Å²) in [4.78, 5) is 0. The van der Waals surface area contributed by atoms with Gasteiger partial charge in [0.05, 0.1) is 6.61 Å². The lowest BCUT2D eigenvalue weighted by molar-refractivity contribution is 0.223. The molecule has 0 aliphatic heterocycles. The molecule has 2 N–H and O–H groups in total. The average molecular weight is 171 g/mol. The van der Waals surface area contributed by atoms with Gasteiger partial charge >= 0.3 is 0 Å². The summed E-state index contributed by atoms with van der Waals surface area (Å²) in [7, 11) is 0. The topological polar surface area (TPSA) is 32.3 Å². The van der Waals surface area contributed by atoms with Gasteiger partial charge in [0.25, 0.3) is 0 Å². The minimum atomic E-state index is 0.283. The van der Waals surface area contributed by atoms with Crippen LogP contribution in [0.15, 0.2) is 0 Å². The van der Waals surface area contributed by atoms with Crippen LogP contribution < -0.4 is 5.32 Å². The first-order valence-electron chi connectivity index (χ1n) is 5.06. The average Bonchev–Trinajstić information content (AvgIpc) is 2.80. The van der Waals surface area contributed by atoms with Crippen LogP contribution >= 0.6 is 0 Å². The normalized spacial score (nSPS) is 20.0. The monoisotopic (exact) mass is 171 g/mol. The van der Waals surface area contributed by atoms with Crippen LogP contribution in [0.25, 0.3) is 0 Å². The van der Waals surface area contributed by atoms with E-state index in [1.54, 1.807) is 0 Å². The van der Waals surface area contributed by atoms with Crippen LogP contribution in [0.1, 0.15) is 33.1 Å². The molecule has 1 aliphatic carbocycles. The molecular weight excluding hydrogens is 150 g/mol. The van der Waals surface area contributed by atoms with E-state index in [1.807, 2.05) is 0 Å². The lowest BCUT2D eigenvalue weighted by atomic mass is 10.0. The van der Waals surface area contributed by atoms with Gasteiger partial charge < -0.3 is 10.4 Å². The Balaban J connectivity index is 2.06. The highest BCUT2D eigenvalue weighted by Crippen LogP contribution is 2.27. The van der Waals surface area contributed by atoms with Gasteiger partial charge in [-0.25, -0.2) is 0 Å². The van der Waals surface area contributed by atoms with E-state index in [9.17, 15) is 0 Å². The molecule has 1 saturated carbocycles. The zero-order chi connectivity index (χ0) is 8.97. The fraction of sp³-hybridized carbons (Fsp3) is 1.00. The van der Waals surface area contributed by atoms with E-state index in [-0.39, 0.29) is 6.61 Å². The van der Waals surface area contributed by atoms with Crippen molar-refractivity contribution >= 4 is 0 Å². The molecule has 1 aliphatic rings. The lowest BCUT2D eigenvalue weighted by Gasteiger charge is -2.17. The van der Waals surface area contributed by atoms with Crippen LogP contribution in [0, 0.1) is 11.8 Å². The van der Waals surface area contributed by atoms with Crippen LogP contribution in [0.5, 0.6) is 0 Å². The Morgan fingerprint density at radius 3 is 2.50 bits per heavy atom. The first-order valence-corrected chi connectivity index (χ1v) is 5.06. The summed E-state index contributed by atoms with van der Waals surface area (Å²) in [5, 5.41) is 12.5. The van der Waals surface area contributed by atoms with Gasteiger partial charge in [-0.05, 0) is 37.6 Å². The van der Waals surface area contributed by atoms with Gasteiger partial charge in [0.2, 0.25) is 0 Å². The highest BCUT2D eigenvalue weighted by molar-refractivity contribution is 4.78. The van der Waals surface area contributed by atoms with Crippen molar-refractivity contribution < 1.29 is 5.11 Å². The van der Waals surface area contributed by atoms with E-state index in [1.165, 1.54) is 12.8 Å². The summed E-state index contributed by atoms with van der Waals surface area (Å²) in [6.07, 6.45) is 3.85. The van der Waals surface area contributed by atoms with Gasteiger partial charge in [-0.2, -0.15) is 0 Å². The molecule has 0 aromatic rings. The van der Waals surface area contributed by atoms with Gasteiger partial charge in [0, 0.05) is 6.04 Å². The van der Waals surface area contributed by atoms with Gasteiger partial charge in [0.15, 0.2) is 0 Å². The third-order valence-electron chi connectivity index (χ3n) is 2.37. The molecule has 0 heterocycles. The minimum Gasteiger partial charge on any atom is -0.395 e. The molecule has 1 fully saturated rings. The zero-order valence-electron chi connectivity index (χ0n) is 8.21. The fourth-order valence-electron chi connectivity index (χ4n) is 1.45. The van der Waals surface area contributed by atoms with Crippen LogP contribution in [0.4, 0.5) is 0 Å². The summed E-state index contributed by atoms with van der Waals surface area (Å²) in [6.45, 7) is 5.78. The Labute approximate surface area is 75.4 Å². The van der Waals surface area contributed by atoms with E-state index in [4.69, 9.17) is 5.11 Å². The molecule has 1 atom stereocenters. The number of hydrogen-bond donors (Lipinski definition) is 2. The lowest BCUT2D eigenvalue weighted by Crippen LogP contribution is -2.35. The number of aliphatic hydroxyl groups excluding tert-OH is 1. The van der Waals surface area contributed by atoms with E-state index < -0.39 is 0 Å². The standard InChI is InChI=1S/C10H21NO/c1-8(2)5-10(7-12)11-6-9-3-4-9/h8-12H,3-7H2,1-2H3/t10-/m0/s1. The van der Waals surface area contributed by atoms with Gasteiger partial charge in [-0.1, -0.05) is 13.8 Å². The van der Waals surface area contributed by atoms with Crippen molar-refractivity contribution in [3.8, 4) is 0 Å². The van der Waals surface area contributed by atoms with Gasteiger partial charge in [-0.15, -0.1) is 0 Å². The van der Waals surface area contributed by atoms with E-state index >= 15 is 0 Å². The van der Waals surface area contributed by atoms with Crippen molar-refractivity contribution in [1.29, 1.82) is 0 Å². The predicted molar refractivity (Wildman–Crippen MR) is 51.1 cm³/mol. The minimum absolute atomic E-state index is 0.283. The SMILES string of the molecule is CC(C)C[C@@H](CO)NCC1CC1. The summed E-state index contributed by atoms with van der Waals surface area (Å²) in [6, 6.07) is 0.325. The van der Waals surface area contributed by atoms with E-state index in [0.29, 0.717) is 12.0 Å². The first-order chi connectivity index (χ1) is 5.72. The van der Waals surface area contributed by atoms with Crippen molar-refractivity contribution in [2.45, 2.75) is 39.2 Å². The maximum atomic E-state index is 9.05. The molecule has 2 heteroatoms. The highest BCUT2D eigenvalue weighted by Gasteiger charge is 2.22. The van der Waals surface area contributed by atoms with Crippen LogP contribution in [-0.2, 0) is 0 Å². The third kappa shape index (κ3) is 4.07. The molecule has 1 rings (SSSR count). The summed E-state index contributed by atoms with van der Waals surface area (Å²) in [5.41, 5.74) is 0. The quantitative estimate of drug-likeness (QED) is 0.633. The maximum absolute atomic E-state index is 9.05. The molecule has 0 radical (unpaired) electrons. The molecule has 0 unspecified atom stereocenters. The number of aliphatic hydroxyl groups is 1. The second-order valence-corrected chi connectivity index (χ2v) is 4.36. The molecule has 0 saturated heterocycles. The van der Waals surface area contributed by atoms with Crippen LogP contribution in [0.3, 0.4) is 0 Å². The summed E-state index contributed by atoms with van der Waals surface area (Å²) >= 11 is 0. The van der Waals surface area contributed by atoms with Crippen LogP contribution in [0.2, 0.25) is 0 Å². The fourth-order valence-corrected chi connectivity index (χ4v) is 1.45. The molecule has 2 nitrogen and oxygen atoms in total. The maximum Gasteiger partial charge on any atom is 0.0584 e. The van der Waals surface area contributed by atoms with E-state index in [0.717, 1.165) is 18.9 Å². The molecule has 0 bridgehead atoms. The smallest absolute Gasteiger partial charge is 0.0584 e. The van der Waals surface area contributed by atoms with Crippen molar-refractivity contribution in [2.75, 3.05) is 13.2 Å². The molecule has 12 heavy (non-hydrogen) atoms. The van der Waals surface area contributed by atoms with Gasteiger partial charge in [-0.3, -0.25) is 0 Å². The summed E-state index contributed by atoms with van der Waals surface area (Å²) < 4.78 is 0. The molecular formula is C10H21NO. The Bertz CT molecular complexity index is 121. The largest absolute Gasteiger partial charge is 0.395 e. The van der Waals surface area contributed by atoms with Crippen molar-refractivity contribution in [2.24, 2.45) is 11.8 Å².